The van der Waals surface area contributed by atoms with Crippen LogP contribution in [-0.4, -0.2) is 0 Å². The van der Waals surface area contributed by atoms with Crippen LogP contribution in [0, 0.1) is 17.8 Å². The van der Waals surface area contributed by atoms with E-state index in [9.17, 15) is 0 Å². The molecule has 92 valence electrons. The predicted octanol–water partition coefficient (Wildman–Crippen LogP) is 5.67. The molecule has 0 nitrogen and oxygen atoms in total. The van der Waals surface area contributed by atoms with Crippen molar-refractivity contribution in [2.24, 2.45) is 17.8 Å². The van der Waals surface area contributed by atoms with Gasteiger partial charge in [-0.05, 0) is 24.2 Å². The first-order valence-electron chi connectivity index (χ1n) is 7.11. The number of unbranched alkanes of at least 4 members (excludes halogenated alkanes) is 1. The Morgan fingerprint density at radius 1 is 0.733 bits per heavy atom. The van der Waals surface area contributed by atoms with Crippen molar-refractivity contribution >= 4 is 0 Å². The van der Waals surface area contributed by atoms with Gasteiger partial charge in [0.1, 0.15) is 0 Å². The molecule has 0 amide bonds. The lowest BCUT2D eigenvalue weighted by Crippen LogP contribution is -2.10. The summed E-state index contributed by atoms with van der Waals surface area (Å²) < 4.78 is 0. The third-order valence-electron chi connectivity index (χ3n) is 3.68. The van der Waals surface area contributed by atoms with Crippen molar-refractivity contribution < 1.29 is 0 Å². The van der Waals surface area contributed by atoms with Crippen LogP contribution in [0.5, 0.6) is 0 Å². The van der Waals surface area contributed by atoms with Crippen LogP contribution in [0.15, 0.2) is 0 Å². The van der Waals surface area contributed by atoms with Crippen molar-refractivity contribution in [2.75, 3.05) is 0 Å². The summed E-state index contributed by atoms with van der Waals surface area (Å²) in [5.41, 5.74) is 0. The van der Waals surface area contributed by atoms with Crippen LogP contribution in [0.1, 0.15) is 79.6 Å². The van der Waals surface area contributed by atoms with E-state index in [0.717, 1.165) is 17.8 Å². The van der Waals surface area contributed by atoms with Crippen LogP contribution in [0.4, 0.5) is 0 Å². The highest BCUT2D eigenvalue weighted by Gasteiger charge is 2.13. The summed E-state index contributed by atoms with van der Waals surface area (Å²) in [4.78, 5) is 0. The summed E-state index contributed by atoms with van der Waals surface area (Å²) in [7, 11) is 0. The molecule has 0 aliphatic rings. The minimum Gasteiger partial charge on any atom is -0.0654 e. The van der Waals surface area contributed by atoms with Crippen molar-refractivity contribution in [3.8, 4) is 0 Å². The van der Waals surface area contributed by atoms with Crippen molar-refractivity contribution in [3.63, 3.8) is 0 Å². The summed E-state index contributed by atoms with van der Waals surface area (Å²) in [5, 5.41) is 0. The molecule has 0 rings (SSSR count). The first-order chi connectivity index (χ1) is 7.11. The van der Waals surface area contributed by atoms with Gasteiger partial charge in [-0.2, -0.15) is 0 Å². The maximum absolute atomic E-state index is 2.42. The highest BCUT2D eigenvalue weighted by molar-refractivity contribution is 4.65. The fourth-order valence-corrected chi connectivity index (χ4v) is 2.41. The summed E-state index contributed by atoms with van der Waals surface area (Å²) in [6.07, 6.45) is 9.89. The molecule has 0 fully saturated rings. The second-order valence-corrected chi connectivity index (χ2v) is 5.62. The highest BCUT2D eigenvalue weighted by atomic mass is 14.2. The Hall–Kier alpha value is 0. The van der Waals surface area contributed by atoms with Crippen molar-refractivity contribution in [3.05, 3.63) is 0 Å². The largest absolute Gasteiger partial charge is 0.0654 e. The van der Waals surface area contributed by atoms with Crippen molar-refractivity contribution in [1.82, 2.24) is 0 Å². The minimum atomic E-state index is 0.880. The van der Waals surface area contributed by atoms with Crippen LogP contribution in [0.25, 0.3) is 0 Å². The Bertz CT molecular complexity index is 126. The quantitative estimate of drug-likeness (QED) is 0.462. The molecule has 0 aromatic rings. The maximum Gasteiger partial charge on any atom is -0.0391 e. The molecule has 0 aliphatic heterocycles. The summed E-state index contributed by atoms with van der Waals surface area (Å²) >= 11 is 0. The first kappa shape index (κ1) is 15.0. The van der Waals surface area contributed by atoms with Gasteiger partial charge in [-0.25, -0.2) is 0 Å². The molecular weight excluding hydrogens is 180 g/mol. The first-order valence-corrected chi connectivity index (χ1v) is 7.11. The minimum absolute atomic E-state index is 0.880. The lowest BCUT2D eigenvalue weighted by Gasteiger charge is -2.22. The van der Waals surface area contributed by atoms with Gasteiger partial charge in [0, 0.05) is 0 Å². The summed E-state index contributed by atoms with van der Waals surface area (Å²) in [5.74, 6) is 2.80. The van der Waals surface area contributed by atoms with Crippen LogP contribution in [-0.2, 0) is 0 Å². The van der Waals surface area contributed by atoms with Crippen molar-refractivity contribution in [1.29, 1.82) is 0 Å². The lowest BCUT2D eigenvalue weighted by atomic mass is 9.84. The molecule has 0 bridgehead atoms. The Labute approximate surface area is 97.8 Å². The van der Waals surface area contributed by atoms with Gasteiger partial charge in [-0.1, -0.05) is 73.1 Å². The van der Waals surface area contributed by atoms with Crippen LogP contribution >= 0.6 is 0 Å². The molecule has 0 heteroatoms. The normalized spacial score (nSPS) is 15.6. The van der Waals surface area contributed by atoms with Crippen molar-refractivity contribution in [2.45, 2.75) is 79.6 Å². The standard InChI is InChI=1S/C15H32/c1-6-8-10-15(13(3)4)12-11-14(5)9-7-2/h13-15H,6-12H2,1-5H3. The van der Waals surface area contributed by atoms with E-state index in [1.54, 1.807) is 0 Å². The second-order valence-electron chi connectivity index (χ2n) is 5.62. The van der Waals surface area contributed by atoms with E-state index >= 15 is 0 Å². The topological polar surface area (TPSA) is 0 Å². The lowest BCUT2D eigenvalue weighted by molar-refractivity contribution is 0.296. The molecule has 0 N–H and O–H groups in total. The van der Waals surface area contributed by atoms with Gasteiger partial charge < -0.3 is 0 Å². The van der Waals surface area contributed by atoms with E-state index in [4.69, 9.17) is 0 Å². The van der Waals surface area contributed by atoms with E-state index in [0.29, 0.717) is 0 Å². The Balaban J connectivity index is 3.74. The van der Waals surface area contributed by atoms with Crippen LogP contribution in [0.2, 0.25) is 0 Å². The van der Waals surface area contributed by atoms with Gasteiger partial charge in [-0.3, -0.25) is 0 Å². The molecule has 2 atom stereocenters. The van der Waals surface area contributed by atoms with E-state index in [1.807, 2.05) is 0 Å². The van der Waals surface area contributed by atoms with E-state index < -0.39 is 0 Å². The predicted molar refractivity (Wildman–Crippen MR) is 71.2 cm³/mol. The summed E-state index contributed by atoms with van der Waals surface area (Å²) in [6, 6.07) is 0. The Morgan fingerprint density at radius 3 is 1.87 bits per heavy atom. The van der Waals surface area contributed by atoms with E-state index in [2.05, 4.69) is 34.6 Å². The molecule has 0 aliphatic carbocycles. The Kier molecular flexibility index (Phi) is 9.24. The molecule has 0 heterocycles. The Morgan fingerprint density at radius 2 is 1.40 bits per heavy atom. The van der Waals surface area contributed by atoms with Gasteiger partial charge in [-0.15, -0.1) is 0 Å². The molecule has 15 heavy (non-hydrogen) atoms. The monoisotopic (exact) mass is 212 g/mol. The molecule has 0 saturated carbocycles. The number of hydrogen-bond donors (Lipinski definition) is 0. The maximum atomic E-state index is 2.42. The average Bonchev–Trinajstić information content (AvgIpc) is 2.17. The number of hydrogen-bond acceptors (Lipinski definition) is 0. The molecule has 0 radical (unpaired) electrons. The molecule has 0 aromatic carbocycles. The zero-order valence-corrected chi connectivity index (χ0v) is 11.7. The summed E-state index contributed by atoms with van der Waals surface area (Å²) in [6.45, 7) is 11.8. The van der Waals surface area contributed by atoms with Crippen LogP contribution in [0.3, 0.4) is 0 Å². The average molecular weight is 212 g/mol. The molecule has 0 spiro atoms. The van der Waals surface area contributed by atoms with Gasteiger partial charge in [0.05, 0.1) is 0 Å². The SMILES string of the molecule is CCCCC(CCC(C)CCC)C(C)C. The highest BCUT2D eigenvalue weighted by Crippen LogP contribution is 2.26. The second kappa shape index (κ2) is 9.24. The zero-order valence-electron chi connectivity index (χ0n) is 11.7. The fourth-order valence-electron chi connectivity index (χ4n) is 2.41. The smallest absolute Gasteiger partial charge is 0.0391 e. The zero-order chi connectivity index (χ0) is 11.7. The van der Waals surface area contributed by atoms with Gasteiger partial charge in [0.25, 0.3) is 0 Å². The fraction of sp³-hybridized carbons (Fsp3) is 1.00. The van der Waals surface area contributed by atoms with Gasteiger partial charge in [0.2, 0.25) is 0 Å². The van der Waals surface area contributed by atoms with E-state index in [-0.39, 0.29) is 0 Å². The van der Waals surface area contributed by atoms with Crippen LogP contribution < -0.4 is 0 Å². The van der Waals surface area contributed by atoms with E-state index in [1.165, 1.54) is 44.9 Å². The van der Waals surface area contributed by atoms with Gasteiger partial charge >= 0.3 is 0 Å². The molecule has 0 saturated heterocycles. The molecular formula is C15H32. The molecule has 2 unspecified atom stereocenters. The third kappa shape index (κ3) is 7.88. The molecule has 0 aromatic heterocycles. The third-order valence-corrected chi connectivity index (χ3v) is 3.68. The van der Waals surface area contributed by atoms with Gasteiger partial charge in [0.15, 0.2) is 0 Å². The number of rotatable bonds is 9.